The lowest BCUT2D eigenvalue weighted by atomic mass is 9.89. The van der Waals surface area contributed by atoms with Gasteiger partial charge in [-0.15, -0.1) is 0 Å². The van der Waals surface area contributed by atoms with Crippen LogP contribution in [0.4, 0.5) is 23.4 Å². The summed E-state index contributed by atoms with van der Waals surface area (Å²) in [6, 6.07) is 2.87. The Morgan fingerprint density at radius 2 is 1.90 bits per heavy atom. The number of alkyl halides is 3. The van der Waals surface area contributed by atoms with Gasteiger partial charge in [0.25, 0.3) is 0 Å². The molecule has 4 atom stereocenters. The second kappa shape index (κ2) is 11.6. The molecular formula is C30H40F4N6O2. The number of ether oxygens (including phenoxy) is 1. The average molecular weight is 593 g/mol. The molecule has 1 unspecified atom stereocenters. The van der Waals surface area contributed by atoms with Crippen molar-refractivity contribution in [1.29, 1.82) is 0 Å². The van der Waals surface area contributed by atoms with Crippen LogP contribution in [0.1, 0.15) is 70.0 Å². The summed E-state index contributed by atoms with van der Waals surface area (Å²) >= 11 is 0. The molecule has 0 saturated carbocycles. The van der Waals surface area contributed by atoms with E-state index >= 15 is 0 Å². The number of anilines is 1. The number of aryl methyl sites for hydroxylation is 2. The van der Waals surface area contributed by atoms with E-state index in [0.29, 0.717) is 42.2 Å². The molecule has 5 rings (SSSR count). The molecule has 0 N–H and O–H groups in total. The van der Waals surface area contributed by atoms with Crippen LogP contribution in [0, 0.1) is 18.7 Å². The van der Waals surface area contributed by atoms with E-state index < -0.39 is 17.6 Å². The van der Waals surface area contributed by atoms with Crippen molar-refractivity contribution >= 4 is 17.0 Å². The molecule has 8 nitrogen and oxygen atoms in total. The zero-order valence-electron chi connectivity index (χ0n) is 25.1. The van der Waals surface area contributed by atoms with E-state index in [2.05, 4.69) is 21.7 Å². The van der Waals surface area contributed by atoms with Crippen LogP contribution in [0.15, 0.2) is 23.0 Å². The Morgan fingerprint density at radius 3 is 2.50 bits per heavy atom. The molecule has 2 aliphatic rings. The van der Waals surface area contributed by atoms with Crippen molar-refractivity contribution in [2.24, 2.45) is 13.0 Å². The van der Waals surface area contributed by atoms with Crippen molar-refractivity contribution in [1.82, 2.24) is 24.0 Å². The smallest absolute Gasteiger partial charge is 0.376 e. The summed E-state index contributed by atoms with van der Waals surface area (Å²) in [5, 5.41) is 0. The summed E-state index contributed by atoms with van der Waals surface area (Å²) in [7, 11) is 1.71. The normalized spacial score (nSPS) is 22.9. The lowest BCUT2D eigenvalue weighted by Crippen LogP contribution is -2.59. The molecule has 12 heteroatoms. The number of aromatic nitrogens is 4. The maximum atomic E-state index is 14.7. The third kappa shape index (κ3) is 5.55. The second-order valence-corrected chi connectivity index (χ2v) is 12.0. The minimum absolute atomic E-state index is 0.0129. The van der Waals surface area contributed by atoms with Gasteiger partial charge in [-0.05, 0) is 56.7 Å². The third-order valence-corrected chi connectivity index (χ3v) is 8.82. The number of halogens is 4. The first-order chi connectivity index (χ1) is 19.8. The van der Waals surface area contributed by atoms with Gasteiger partial charge < -0.3 is 14.2 Å². The fourth-order valence-electron chi connectivity index (χ4n) is 6.73. The Labute approximate surface area is 243 Å². The fourth-order valence-corrected chi connectivity index (χ4v) is 6.73. The molecule has 0 aliphatic carbocycles. The molecular weight excluding hydrogens is 552 g/mol. The maximum Gasteiger partial charge on any atom is 0.419 e. The molecule has 4 heterocycles. The number of hydrogen-bond donors (Lipinski definition) is 0. The van der Waals surface area contributed by atoms with Crippen LogP contribution in [0.2, 0.25) is 0 Å². The van der Waals surface area contributed by atoms with Crippen molar-refractivity contribution in [3.05, 3.63) is 51.5 Å². The summed E-state index contributed by atoms with van der Waals surface area (Å²) < 4.78 is 63.9. The minimum Gasteiger partial charge on any atom is -0.376 e. The Morgan fingerprint density at radius 1 is 1.17 bits per heavy atom. The summed E-state index contributed by atoms with van der Waals surface area (Å²) in [5.41, 5.74) is 0.268. The van der Waals surface area contributed by atoms with E-state index in [1.807, 2.05) is 32.3 Å². The molecule has 0 radical (unpaired) electrons. The first-order valence-corrected chi connectivity index (χ1v) is 14.8. The van der Waals surface area contributed by atoms with Crippen LogP contribution in [0.3, 0.4) is 0 Å². The molecule has 230 valence electrons. The molecule has 2 fully saturated rings. The number of rotatable bonds is 7. The Balaban J connectivity index is 1.50. The van der Waals surface area contributed by atoms with Gasteiger partial charge in [-0.2, -0.15) is 18.2 Å². The maximum absolute atomic E-state index is 14.7. The molecule has 2 saturated heterocycles. The number of hydrogen-bond acceptors (Lipinski definition) is 6. The Hall–Kier alpha value is -2.99. The third-order valence-electron chi connectivity index (χ3n) is 8.82. The topological polar surface area (TPSA) is 68.4 Å². The average Bonchev–Trinajstić information content (AvgIpc) is 3.54. The van der Waals surface area contributed by atoms with Crippen molar-refractivity contribution in [3.63, 3.8) is 0 Å². The van der Waals surface area contributed by atoms with Crippen LogP contribution >= 0.6 is 0 Å². The number of nitrogens with zero attached hydrogens (tertiary/aromatic N) is 6. The molecule has 3 aromatic rings. The van der Waals surface area contributed by atoms with Crippen LogP contribution < -0.4 is 10.6 Å². The van der Waals surface area contributed by atoms with E-state index in [-0.39, 0.29) is 35.8 Å². The summed E-state index contributed by atoms with van der Waals surface area (Å²) in [6.45, 7) is 12.5. The number of piperazine rings is 1. The summed E-state index contributed by atoms with van der Waals surface area (Å²) in [4.78, 5) is 26.9. The van der Waals surface area contributed by atoms with Crippen molar-refractivity contribution in [2.45, 2.75) is 90.8 Å². The summed E-state index contributed by atoms with van der Waals surface area (Å²) in [6.07, 6.45) is -1.96. The molecule has 1 aromatic carbocycles. The van der Waals surface area contributed by atoms with Gasteiger partial charge in [-0.1, -0.05) is 26.8 Å². The molecule has 2 aromatic heterocycles. The lowest BCUT2D eigenvalue weighted by Gasteiger charge is -2.50. The van der Waals surface area contributed by atoms with Crippen LogP contribution in [-0.2, 0) is 24.5 Å². The highest BCUT2D eigenvalue weighted by molar-refractivity contribution is 5.84. The van der Waals surface area contributed by atoms with Gasteiger partial charge in [0.1, 0.15) is 22.8 Å². The Kier molecular flexibility index (Phi) is 8.41. The van der Waals surface area contributed by atoms with Gasteiger partial charge in [-0.25, -0.2) is 14.2 Å². The van der Waals surface area contributed by atoms with Gasteiger partial charge in [-0.3, -0.25) is 9.47 Å². The van der Waals surface area contributed by atoms with E-state index in [4.69, 9.17) is 9.72 Å². The quantitative estimate of drug-likeness (QED) is 0.340. The zero-order valence-corrected chi connectivity index (χ0v) is 25.1. The lowest BCUT2D eigenvalue weighted by molar-refractivity contribution is -0.140. The standard InChI is InChI=1S/C30H40F4N6O2/c1-7-21-15-38(18(4)14-40(21)26(17(2)3)20-10-11-23(24(31)13-20)30(32,33)34)27-25-28(37(6)29(41)36-27)39(19(5)35-25)16-22-9-8-12-42-22/h10-11,13,17-18,21-22,26H,7-9,12,14-16H2,1-6H3/t18-,21+,22-,26?/m0/s1. The van der Waals surface area contributed by atoms with E-state index in [1.165, 1.54) is 6.07 Å². The molecule has 0 spiro atoms. The Bertz CT molecular complexity index is 1490. The summed E-state index contributed by atoms with van der Waals surface area (Å²) in [5.74, 6) is 0.0758. The van der Waals surface area contributed by atoms with Crippen LogP contribution in [-0.4, -0.2) is 61.9 Å². The minimum atomic E-state index is -4.75. The largest absolute Gasteiger partial charge is 0.419 e. The fraction of sp³-hybridized carbons (Fsp3) is 0.633. The van der Waals surface area contributed by atoms with Crippen LogP contribution in [0.25, 0.3) is 11.2 Å². The van der Waals surface area contributed by atoms with E-state index in [9.17, 15) is 22.4 Å². The van der Waals surface area contributed by atoms with Gasteiger partial charge in [0.2, 0.25) is 0 Å². The highest BCUT2D eigenvalue weighted by Gasteiger charge is 2.40. The molecule has 42 heavy (non-hydrogen) atoms. The second-order valence-electron chi connectivity index (χ2n) is 12.0. The van der Waals surface area contributed by atoms with Gasteiger partial charge >= 0.3 is 11.9 Å². The number of fused-ring (bicyclic) bond motifs is 1. The van der Waals surface area contributed by atoms with Gasteiger partial charge in [0.15, 0.2) is 5.82 Å². The SMILES string of the molecule is CC[C@@H]1CN(c2nc(=O)n(C)c3c2nc(C)n3C[C@@H]2CCCO2)[C@@H](C)CN1C(c1ccc(C(F)(F)F)c(F)c1)C(C)C. The number of benzene rings is 1. The van der Waals surface area contributed by atoms with Crippen LogP contribution in [0.5, 0.6) is 0 Å². The van der Waals surface area contributed by atoms with Crippen molar-refractivity contribution in [2.75, 3.05) is 24.6 Å². The first kappa shape index (κ1) is 30.5. The van der Waals surface area contributed by atoms with E-state index in [0.717, 1.165) is 43.8 Å². The highest BCUT2D eigenvalue weighted by atomic mass is 19.4. The number of imidazole rings is 1. The highest BCUT2D eigenvalue weighted by Crippen LogP contribution is 2.39. The van der Waals surface area contributed by atoms with Crippen molar-refractivity contribution < 1.29 is 22.3 Å². The zero-order chi connectivity index (χ0) is 30.5. The monoisotopic (exact) mass is 592 g/mol. The van der Waals surface area contributed by atoms with Gasteiger partial charge in [0.05, 0.1) is 18.2 Å². The van der Waals surface area contributed by atoms with Gasteiger partial charge in [0, 0.05) is 44.9 Å². The van der Waals surface area contributed by atoms with E-state index in [1.54, 1.807) is 11.6 Å². The molecule has 2 aliphatic heterocycles. The molecule has 0 amide bonds. The predicted octanol–water partition coefficient (Wildman–Crippen LogP) is 5.46. The predicted molar refractivity (Wildman–Crippen MR) is 153 cm³/mol. The van der Waals surface area contributed by atoms with Crippen molar-refractivity contribution in [3.8, 4) is 0 Å². The molecule has 0 bridgehead atoms. The first-order valence-electron chi connectivity index (χ1n) is 14.8.